The van der Waals surface area contributed by atoms with Crippen LogP contribution in [-0.2, 0) is 28.2 Å². The van der Waals surface area contributed by atoms with E-state index in [2.05, 4.69) is 93.6 Å². The minimum Gasteiger partial charge on any atom is -0.402 e. The van der Waals surface area contributed by atoms with Crippen LogP contribution in [0.5, 0.6) is 0 Å². The summed E-state index contributed by atoms with van der Waals surface area (Å²) in [5.74, 6) is -0.127. The van der Waals surface area contributed by atoms with Crippen molar-refractivity contribution < 1.29 is 8.98 Å². The van der Waals surface area contributed by atoms with Gasteiger partial charge < -0.3 is 4.18 Å². The third-order valence-electron chi connectivity index (χ3n) is 6.89. The molecule has 200 valence electrons. The summed E-state index contributed by atoms with van der Waals surface area (Å²) in [6.07, 6.45) is 11.5. The minimum absolute atomic E-state index is 0.127. The van der Waals surface area contributed by atoms with Crippen LogP contribution in [0.2, 0.25) is 0 Å². The van der Waals surface area contributed by atoms with E-state index in [4.69, 9.17) is 4.18 Å². The molecule has 0 aromatic heterocycles. The second-order valence-electron chi connectivity index (χ2n) is 10.0. The molecule has 2 nitrogen and oxygen atoms in total. The fourth-order valence-corrected chi connectivity index (χ4v) is 7.65. The Hall–Kier alpha value is -2.52. The molecule has 3 aromatic carbocycles. The Kier molecular flexibility index (Phi) is 11.8. The monoisotopic (exact) mass is 518 g/mol. The first-order valence-electron chi connectivity index (χ1n) is 14.4. The van der Waals surface area contributed by atoms with E-state index >= 15 is 0 Å². The van der Waals surface area contributed by atoms with Gasteiger partial charge in [0.1, 0.15) is 0 Å². The molecule has 0 fully saturated rings. The first kappa shape index (κ1) is 29.0. The fraction of sp³-hybridized carbons (Fsp3) is 0.441. The minimum atomic E-state index is -2.22. The smallest absolute Gasteiger partial charge is 0.317 e. The van der Waals surface area contributed by atoms with E-state index in [1.54, 1.807) is 0 Å². The standard InChI is InChI=1S/C34H46O2S/c1-5-9-13-28-16-22-31(23-17-28)37(36-34(35)12-8-4,32-24-18-29(19-25-32)14-10-6-2)33-26-20-30(21-27-33)15-11-7-3/h16-27H,5-15H2,1-4H3. The van der Waals surface area contributed by atoms with Gasteiger partial charge in [0.05, 0.1) is 0 Å². The van der Waals surface area contributed by atoms with Crippen molar-refractivity contribution >= 4 is 16.3 Å². The molecule has 0 aliphatic heterocycles. The van der Waals surface area contributed by atoms with Crippen LogP contribution in [-0.4, -0.2) is 5.97 Å². The van der Waals surface area contributed by atoms with Gasteiger partial charge in [0.25, 0.3) is 0 Å². The predicted octanol–water partition coefficient (Wildman–Crippen LogP) is 10.3. The van der Waals surface area contributed by atoms with Crippen LogP contribution >= 0.6 is 10.3 Å². The zero-order valence-corrected chi connectivity index (χ0v) is 24.2. The first-order chi connectivity index (χ1) is 18.1. The van der Waals surface area contributed by atoms with E-state index in [1.807, 2.05) is 6.92 Å². The lowest BCUT2D eigenvalue weighted by Crippen LogP contribution is -2.13. The van der Waals surface area contributed by atoms with Crippen LogP contribution < -0.4 is 0 Å². The summed E-state index contributed by atoms with van der Waals surface area (Å²) in [6.45, 7) is 8.72. The van der Waals surface area contributed by atoms with Gasteiger partial charge in [-0.3, -0.25) is 4.79 Å². The summed E-state index contributed by atoms with van der Waals surface area (Å²) in [4.78, 5) is 16.5. The largest absolute Gasteiger partial charge is 0.402 e. The van der Waals surface area contributed by atoms with Crippen molar-refractivity contribution in [2.24, 2.45) is 0 Å². The third kappa shape index (κ3) is 7.74. The van der Waals surface area contributed by atoms with Crippen molar-refractivity contribution in [3.8, 4) is 0 Å². The highest BCUT2D eigenvalue weighted by atomic mass is 32.3. The Labute approximate surface area is 227 Å². The number of aryl methyl sites for hydroxylation is 3. The maximum Gasteiger partial charge on any atom is 0.317 e. The molecule has 0 aliphatic rings. The van der Waals surface area contributed by atoms with Crippen molar-refractivity contribution in [1.82, 2.24) is 0 Å². The Balaban J connectivity index is 2.15. The van der Waals surface area contributed by atoms with Crippen molar-refractivity contribution in [2.75, 3.05) is 0 Å². The summed E-state index contributed by atoms with van der Waals surface area (Å²) in [5.41, 5.74) is 4.01. The van der Waals surface area contributed by atoms with Gasteiger partial charge in [0.15, 0.2) is 0 Å². The molecule has 3 heteroatoms. The fourth-order valence-electron chi connectivity index (χ4n) is 4.62. The van der Waals surface area contributed by atoms with E-state index in [0.29, 0.717) is 6.42 Å². The third-order valence-corrected chi connectivity index (χ3v) is 10.1. The molecular formula is C34H46O2S. The molecule has 0 heterocycles. The number of carbonyl (C=O) groups is 1. The average molecular weight is 519 g/mol. The molecule has 0 bridgehead atoms. The van der Waals surface area contributed by atoms with Crippen molar-refractivity contribution in [3.63, 3.8) is 0 Å². The van der Waals surface area contributed by atoms with Gasteiger partial charge in [-0.2, -0.15) is 0 Å². The predicted molar refractivity (Wildman–Crippen MR) is 159 cm³/mol. The van der Waals surface area contributed by atoms with E-state index in [-0.39, 0.29) is 5.97 Å². The maximum absolute atomic E-state index is 13.2. The van der Waals surface area contributed by atoms with Crippen LogP contribution in [0.25, 0.3) is 0 Å². The highest BCUT2D eigenvalue weighted by Gasteiger charge is 2.35. The molecule has 0 radical (unpaired) electrons. The molecule has 0 saturated heterocycles. The van der Waals surface area contributed by atoms with E-state index in [9.17, 15) is 4.79 Å². The molecule has 0 amide bonds. The maximum atomic E-state index is 13.2. The molecular weight excluding hydrogens is 472 g/mol. The van der Waals surface area contributed by atoms with Gasteiger partial charge in [-0.15, -0.1) is 0 Å². The van der Waals surface area contributed by atoms with Gasteiger partial charge in [0.2, 0.25) is 0 Å². The normalized spacial score (nSPS) is 11.9. The topological polar surface area (TPSA) is 26.3 Å². The van der Waals surface area contributed by atoms with Crippen LogP contribution in [0.15, 0.2) is 87.5 Å². The Morgan fingerprint density at radius 3 is 1.14 bits per heavy atom. The van der Waals surface area contributed by atoms with E-state index in [1.165, 1.54) is 55.2 Å². The number of unbranched alkanes of at least 4 members (excludes halogenated alkanes) is 3. The molecule has 0 unspecified atom stereocenters. The Bertz CT molecular complexity index is 943. The molecule has 0 spiro atoms. The SMILES string of the molecule is CCCCc1ccc(S(OC(=O)CCC)(c2ccc(CCCC)cc2)c2ccc(CCCC)cc2)cc1. The molecule has 3 rings (SSSR count). The van der Waals surface area contributed by atoms with Gasteiger partial charge in [-0.1, -0.05) is 83.4 Å². The molecule has 0 aliphatic carbocycles. The molecule has 0 saturated carbocycles. The quantitative estimate of drug-likeness (QED) is 0.200. The lowest BCUT2D eigenvalue weighted by Gasteiger charge is -2.40. The second-order valence-corrected chi connectivity index (χ2v) is 12.7. The Morgan fingerprint density at radius 1 is 0.541 bits per heavy atom. The van der Waals surface area contributed by atoms with Crippen molar-refractivity contribution in [1.29, 1.82) is 0 Å². The number of carbonyl (C=O) groups excluding carboxylic acids is 1. The van der Waals surface area contributed by atoms with Gasteiger partial charge in [-0.25, -0.2) is 0 Å². The number of rotatable bonds is 15. The number of benzene rings is 3. The van der Waals surface area contributed by atoms with Crippen molar-refractivity contribution in [3.05, 3.63) is 89.5 Å². The highest BCUT2D eigenvalue weighted by molar-refractivity contribution is 8.30. The van der Waals surface area contributed by atoms with Crippen LogP contribution in [0.3, 0.4) is 0 Å². The summed E-state index contributed by atoms with van der Waals surface area (Å²) < 4.78 is 6.64. The van der Waals surface area contributed by atoms with Crippen molar-refractivity contribution in [2.45, 2.75) is 113 Å². The molecule has 37 heavy (non-hydrogen) atoms. The Morgan fingerprint density at radius 2 is 0.865 bits per heavy atom. The zero-order chi connectivity index (χ0) is 26.5. The zero-order valence-electron chi connectivity index (χ0n) is 23.4. The summed E-state index contributed by atoms with van der Waals surface area (Å²) >= 11 is 0. The van der Waals surface area contributed by atoms with Gasteiger partial charge >= 0.3 is 5.97 Å². The molecule has 0 atom stereocenters. The molecule has 0 N–H and O–H groups in total. The second kappa shape index (κ2) is 15.0. The molecule has 3 aromatic rings. The lowest BCUT2D eigenvalue weighted by molar-refractivity contribution is -0.133. The lowest BCUT2D eigenvalue weighted by atomic mass is 10.1. The summed E-state index contributed by atoms with van der Waals surface area (Å²) in [7, 11) is -2.22. The highest BCUT2D eigenvalue weighted by Crippen LogP contribution is 2.69. The van der Waals surface area contributed by atoms with Gasteiger partial charge in [0, 0.05) is 21.1 Å². The van der Waals surface area contributed by atoms with E-state index in [0.717, 1.165) is 40.4 Å². The first-order valence-corrected chi connectivity index (χ1v) is 16.0. The van der Waals surface area contributed by atoms with E-state index < -0.39 is 10.3 Å². The van der Waals surface area contributed by atoms with Gasteiger partial charge in [-0.05, 0) is 108 Å². The van der Waals surface area contributed by atoms with Crippen LogP contribution in [0, 0.1) is 0 Å². The average Bonchev–Trinajstić information content (AvgIpc) is 2.93. The number of hydrogen-bond donors (Lipinski definition) is 0. The van der Waals surface area contributed by atoms with Crippen LogP contribution in [0.4, 0.5) is 0 Å². The summed E-state index contributed by atoms with van der Waals surface area (Å²) in [6, 6.07) is 26.6. The number of hydrogen-bond acceptors (Lipinski definition) is 2. The van der Waals surface area contributed by atoms with Crippen LogP contribution in [0.1, 0.15) is 95.8 Å². The summed E-state index contributed by atoms with van der Waals surface area (Å²) in [5, 5.41) is 0.